The number of hydrogen-bond donors (Lipinski definition) is 0. The Morgan fingerprint density at radius 2 is 0.422 bits per heavy atom. The number of carbonyl (C=O) groups is 3. The second kappa shape index (κ2) is 54.0. The first-order valence-electron chi connectivity index (χ1n) is 29.0. The molecular weight excluding hydrogens is 793 g/mol. The molecule has 0 fully saturated rings. The number of hydrogen-bond acceptors (Lipinski definition) is 6. The van der Waals surface area contributed by atoms with Gasteiger partial charge in [-0.1, -0.05) is 297 Å². The molecule has 0 bridgehead atoms. The van der Waals surface area contributed by atoms with E-state index in [0.717, 1.165) is 57.8 Å². The van der Waals surface area contributed by atoms with Crippen LogP contribution in [-0.4, -0.2) is 37.2 Å². The average molecular weight is 906 g/mol. The highest BCUT2D eigenvalue weighted by Crippen LogP contribution is 2.18. The summed E-state index contributed by atoms with van der Waals surface area (Å²) >= 11 is 0. The van der Waals surface area contributed by atoms with Crippen molar-refractivity contribution in [3.8, 4) is 0 Å². The number of esters is 3. The van der Waals surface area contributed by atoms with E-state index in [0.29, 0.717) is 19.3 Å². The van der Waals surface area contributed by atoms with E-state index in [9.17, 15) is 14.4 Å². The highest BCUT2D eigenvalue weighted by Gasteiger charge is 2.19. The lowest BCUT2D eigenvalue weighted by Gasteiger charge is -2.18. The van der Waals surface area contributed by atoms with E-state index in [4.69, 9.17) is 14.2 Å². The molecule has 0 aliphatic rings. The van der Waals surface area contributed by atoms with Gasteiger partial charge >= 0.3 is 17.9 Å². The molecule has 0 aromatic rings. The topological polar surface area (TPSA) is 78.9 Å². The molecule has 0 amide bonds. The van der Waals surface area contributed by atoms with E-state index in [1.165, 1.54) is 238 Å². The molecule has 0 spiro atoms. The summed E-state index contributed by atoms with van der Waals surface area (Å²) in [7, 11) is 0. The maximum Gasteiger partial charge on any atom is 0.306 e. The third-order valence-electron chi connectivity index (χ3n) is 13.4. The Kier molecular flexibility index (Phi) is 52.7. The minimum absolute atomic E-state index is 0.0610. The van der Waals surface area contributed by atoms with Crippen LogP contribution in [0.4, 0.5) is 0 Å². The van der Waals surface area contributed by atoms with Crippen LogP contribution in [0.3, 0.4) is 0 Å². The number of unbranched alkanes of at least 4 members (excludes halogenated alkanes) is 43. The molecule has 0 aromatic carbocycles. The molecule has 0 saturated heterocycles. The van der Waals surface area contributed by atoms with Gasteiger partial charge in [-0.15, -0.1) is 0 Å². The molecule has 1 atom stereocenters. The standard InChI is InChI=1S/C58H112O6/c1-4-7-10-13-16-19-22-25-28-29-31-33-36-39-42-45-48-51-57(60)63-54-55(53-62-56(59)50-47-44-41-38-35-32-27-24-21-18-15-12-9-6-3)64-58(61)52-49-46-43-40-37-34-30-26-23-20-17-14-11-8-5-2/h55H,4-54H2,1-3H3. The van der Waals surface area contributed by atoms with Crippen molar-refractivity contribution in [3.05, 3.63) is 0 Å². The lowest BCUT2D eigenvalue weighted by molar-refractivity contribution is -0.167. The smallest absolute Gasteiger partial charge is 0.306 e. The second-order valence-corrected chi connectivity index (χ2v) is 19.9. The fraction of sp³-hybridized carbons (Fsp3) is 0.948. The van der Waals surface area contributed by atoms with Crippen molar-refractivity contribution in [1.29, 1.82) is 0 Å². The maximum atomic E-state index is 12.8. The minimum Gasteiger partial charge on any atom is -0.462 e. The molecule has 0 aromatic heterocycles. The van der Waals surface area contributed by atoms with Crippen molar-refractivity contribution in [2.45, 2.75) is 341 Å². The summed E-state index contributed by atoms with van der Waals surface area (Å²) in [5, 5.41) is 0. The van der Waals surface area contributed by atoms with Crippen LogP contribution in [0.1, 0.15) is 335 Å². The molecule has 0 radical (unpaired) electrons. The number of rotatable bonds is 54. The van der Waals surface area contributed by atoms with Gasteiger partial charge in [0.1, 0.15) is 13.2 Å². The van der Waals surface area contributed by atoms with E-state index in [1.54, 1.807) is 0 Å². The van der Waals surface area contributed by atoms with Gasteiger partial charge in [-0.25, -0.2) is 0 Å². The van der Waals surface area contributed by atoms with Gasteiger partial charge in [0.15, 0.2) is 6.10 Å². The molecule has 64 heavy (non-hydrogen) atoms. The van der Waals surface area contributed by atoms with Crippen LogP contribution < -0.4 is 0 Å². The Balaban J connectivity index is 4.28. The highest BCUT2D eigenvalue weighted by molar-refractivity contribution is 5.71. The summed E-state index contributed by atoms with van der Waals surface area (Å²) < 4.78 is 16.9. The van der Waals surface area contributed by atoms with Crippen molar-refractivity contribution < 1.29 is 28.6 Å². The number of carbonyl (C=O) groups excluding carboxylic acids is 3. The van der Waals surface area contributed by atoms with Crippen LogP contribution >= 0.6 is 0 Å². The Bertz CT molecular complexity index is 951. The zero-order valence-corrected chi connectivity index (χ0v) is 43.6. The van der Waals surface area contributed by atoms with E-state index < -0.39 is 6.10 Å². The molecule has 6 nitrogen and oxygen atoms in total. The van der Waals surface area contributed by atoms with Gasteiger partial charge in [0.25, 0.3) is 0 Å². The third kappa shape index (κ3) is 51.4. The van der Waals surface area contributed by atoms with Crippen LogP contribution in [0, 0.1) is 0 Å². The lowest BCUT2D eigenvalue weighted by Crippen LogP contribution is -2.30. The van der Waals surface area contributed by atoms with Gasteiger partial charge in [-0.3, -0.25) is 14.4 Å². The van der Waals surface area contributed by atoms with Gasteiger partial charge in [-0.05, 0) is 19.3 Å². The molecule has 0 N–H and O–H groups in total. The first-order chi connectivity index (χ1) is 31.5. The van der Waals surface area contributed by atoms with Crippen LogP contribution in [-0.2, 0) is 28.6 Å². The van der Waals surface area contributed by atoms with Gasteiger partial charge < -0.3 is 14.2 Å². The molecular formula is C58H112O6. The molecule has 1 unspecified atom stereocenters. The van der Waals surface area contributed by atoms with E-state index >= 15 is 0 Å². The quantitative estimate of drug-likeness (QED) is 0.0344. The Morgan fingerprint density at radius 1 is 0.250 bits per heavy atom. The normalized spacial score (nSPS) is 11.9. The zero-order valence-electron chi connectivity index (χ0n) is 43.6. The number of ether oxygens (including phenoxy) is 3. The van der Waals surface area contributed by atoms with E-state index in [2.05, 4.69) is 20.8 Å². The van der Waals surface area contributed by atoms with Crippen LogP contribution in [0.2, 0.25) is 0 Å². The molecule has 6 heteroatoms. The molecule has 380 valence electrons. The highest BCUT2D eigenvalue weighted by atomic mass is 16.6. The zero-order chi connectivity index (χ0) is 46.5. The summed E-state index contributed by atoms with van der Waals surface area (Å²) in [5.74, 6) is -0.831. The molecule has 0 aliphatic carbocycles. The summed E-state index contributed by atoms with van der Waals surface area (Å²) in [4.78, 5) is 38.1. The van der Waals surface area contributed by atoms with Crippen LogP contribution in [0.5, 0.6) is 0 Å². The van der Waals surface area contributed by atoms with Crippen LogP contribution in [0.15, 0.2) is 0 Å². The first kappa shape index (κ1) is 62.4. The minimum atomic E-state index is -0.761. The fourth-order valence-corrected chi connectivity index (χ4v) is 8.98. The Morgan fingerprint density at radius 3 is 0.625 bits per heavy atom. The van der Waals surface area contributed by atoms with Gasteiger partial charge in [0, 0.05) is 19.3 Å². The first-order valence-corrected chi connectivity index (χ1v) is 29.0. The largest absolute Gasteiger partial charge is 0.462 e. The van der Waals surface area contributed by atoms with Crippen molar-refractivity contribution in [1.82, 2.24) is 0 Å². The monoisotopic (exact) mass is 905 g/mol. The Labute approximate surface area is 399 Å². The predicted octanol–water partition coefficient (Wildman–Crippen LogP) is 19.2. The van der Waals surface area contributed by atoms with Crippen LogP contribution in [0.25, 0.3) is 0 Å². The van der Waals surface area contributed by atoms with Gasteiger partial charge in [-0.2, -0.15) is 0 Å². The molecule has 0 heterocycles. The summed E-state index contributed by atoms with van der Waals surface area (Å²) in [5.41, 5.74) is 0. The summed E-state index contributed by atoms with van der Waals surface area (Å²) in [6.07, 6.45) is 59.4. The third-order valence-corrected chi connectivity index (χ3v) is 13.4. The summed E-state index contributed by atoms with van der Waals surface area (Å²) in [6, 6.07) is 0. The van der Waals surface area contributed by atoms with Crippen molar-refractivity contribution in [2.75, 3.05) is 13.2 Å². The SMILES string of the molecule is CCCCCCCCCCCCCCCCCCCC(=O)OCC(COC(=O)CCCCCCCCCCCCCCCC)OC(=O)CCCCCCCCCCCCCCCCC. The van der Waals surface area contributed by atoms with Gasteiger partial charge in [0.05, 0.1) is 0 Å². The molecule has 0 rings (SSSR count). The van der Waals surface area contributed by atoms with Crippen molar-refractivity contribution in [3.63, 3.8) is 0 Å². The summed E-state index contributed by atoms with van der Waals surface area (Å²) in [6.45, 7) is 6.71. The van der Waals surface area contributed by atoms with E-state index in [-0.39, 0.29) is 31.1 Å². The van der Waals surface area contributed by atoms with Gasteiger partial charge in [0.2, 0.25) is 0 Å². The predicted molar refractivity (Wildman–Crippen MR) is 275 cm³/mol. The van der Waals surface area contributed by atoms with Crippen molar-refractivity contribution >= 4 is 17.9 Å². The molecule has 0 aliphatic heterocycles. The Hall–Kier alpha value is -1.59. The molecule has 0 saturated carbocycles. The maximum absolute atomic E-state index is 12.8. The fourth-order valence-electron chi connectivity index (χ4n) is 8.98. The average Bonchev–Trinajstić information content (AvgIpc) is 3.29. The lowest BCUT2D eigenvalue weighted by atomic mass is 10.0. The van der Waals surface area contributed by atoms with E-state index in [1.807, 2.05) is 0 Å². The van der Waals surface area contributed by atoms with Crippen molar-refractivity contribution in [2.24, 2.45) is 0 Å². The second-order valence-electron chi connectivity index (χ2n) is 19.9.